The molecule has 18 heavy (non-hydrogen) atoms. The number of benzene rings is 1. The van der Waals surface area contributed by atoms with Gasteiger partial charge in [-0.2, -0.15) is 0 Å². The van der Waals surface area contributed by atoms with Gasteiger partial charge in [-0.05, 0) is 37.5 Å². The molecule has 1 aromatic rings. The summed E-state index contributed by atoms with van der Waals surface area (Å²) in [7, 11) is 1.39. The van der Waals surface area contributed by atoms with Crippen molar-refractivity contribution in [2.45, 2.75) is 31.3 Å². The summed E-state index contributed by atoms with van der Waals surface area (Å²) in [5.41, 5.74) is -0.440. The first-order valence-corrected chi connectivity index (χ1v) is 6.93. The Morgan fingerprint density at radius 1 is 1.50 bits per heavy atom. The van der Waals surface area contributed by atoms with Gasteiger partial charge in [-0.1, -0.05) is 27.5 Å². The van der Waals surface area contributed by atoms with E-state index >= 15 is 0 Å². The molecule has 1 aliphatic rings. The Kier molecular flexibility index (Phi) is 4.17. The summed E-state index contributed by atoms with van der Waals surface area (Å²) in [4.78, 5) is 11.4. The quantitative estimate of drug-likeness (QED) is 0.782. The van der Waals surface area contributed by atoms with Crippen molar-refractivity contribution in [3.63, 3.8) is 0 Å². The summed E-state index contributed by atoms with van der Waals surface area (Å²) < 4.78 is 11.6. The van der Waals surface area contributed by atoms with Gasteiger partial charge in [-0.15, -0.1) is 0 Å². The Morgan fingerprint density at radius 2 is 2.22 bits per heavy atom. The van der Waals surface area contributed by atoms with Crippen LogP contribution in [0.5, 0.6) is 5.75 Å². The fourth-order valence-corrected chi connectivity index (χ4v) is 2.72. The van der Waals surface area contributed by atoms with Gasteiger partial charge < -0.3 is 9.47 Å². The SMILES string of the molecule is COC(=O)CC1(Oc2ccc(Br)cc2Cl)CCC1. The highest BCUT2D eigenvalue weighted by Gasteiger charge is 2.42. The van der Waals surface area contributed by atoms with Crippen molar-refractivity contribution in [1.29, 1.82) is 0 Å². The van der Waals surface area contributed by atoms with Crippen LogP contribution in [0.1, 0.15) is 25.7 Å². The lowest BCUT2D eigenvalue weighted by atomic mass is 9.77. The predicted molar refractivity (Wildman–Crippen MR) is 73.0 cm³/mol. The molecule has 0 aliphatic heterocycles. The molecule has 1 fully saturated rings. The third-order valence-electron chi connectivity index (χ3n) is 3.18. The van der Waals surface area contributed by atoms with E-state index in [1.807, 2.05) is 12.1 Å². The van der Waals surface area contributed by atoms with Crippen LogP contribution >= 0.6 is 27.5 Å². The van der Waals surface area contributed by atoms with Crippen LogP contribution in [0.4, 0.5) is 0 Å². The fraction of sp³-hybridized carbons (Fsp3) is 0.462. The molecule has 0 N–H and O–H groups in total. The van der Waals surface area contributed by atoms with Crippen LogP contribution in [-0.2, 0) is 9.53 Å². The molecule has 0 heterocycles. The van der Waals surface area contributed by atoms with E-state index in [9.17, 15) is 4.79 Å². The lowest BCUT2D eigenvalue weighted by molar-refractivity contribution is -0.148. The third-order valence-corrected chi connectivity index (χ3v) is 3.97. The second kappa shape index (κ2) is 5.49. The van der Waals surface area contributed by atoms with E-state index in [0.717, 1.165) is 23.7 Å². The fourth-order valence-electron chi connectivity index (χ4n) is 2.01. The van der Waals surface area contributed by atoms with Gasteiger partial charge in [0.1, 0.15) is 11.4 Å². The molecule has 2 rings (SSSR count). The summed E-state index contributed by atoms with van der Waals surface area (Å²) in [6.07, 6.45) is 3.05. The molecule has 3 nitrogen and oxygen atoms in total. The minimum Gasteiger partial charge on any atom is -0.485 e. The monoisotopic (exact) mass is 332 g/mol. The zero-order valence-electron chi connectivity index (χ0n) is 10.0. The maximum absolute atomic E-state index is 11.4. The number of halogens is 2. The number of esters is 1. The average molecular weight is 334 g/mol. The minimum atomic E-state index is -0.440. The maximum atomic E-state index is 11.4. The van der Waals surface area contributed by atoms with Gasteiger partial charge in [-0.3, -0.25) is 4.79 Å². The second-order valence-corrected chi connectivity index (χ2v) is 5.79. The molecule has 0 unspecified atom stereocenters. The third kappa shape index (κ3) is 2.98. The molecule has 0 radical (unpaired) electrons. The van der Waals surface area contributed by atoms with E-state index in [1.54, 1.807) is 6.07 Å². The Hall–Kier alpha value is -0.740. The van der Waals surface area contributed by atoms with Crippen molar-refractivity contribution < 1.29 is 14.3 Å². The Labute approximate surface area is 120 Å². The second-order valence-electron chi connectivity index (χ2n) is 4.47. The summed E-state index contributed by atoms with van der Waals surface area (Å²) in [6.45, 7) is 0. The number of rotatable bonds is 4. The summed E-state index contributed by atoms with van der Waals surface area (Å²) in [5.74, 6) is 0.367. The highest BCUT2D eigenvalue weighted by molar-refractivity contribution is 9.10. The summed E-state index contributed by atoms with van der Waals surface area (Å²) in [6, 6.07) is 5.46. The van der Waals surface area contributed by atoms with Gasteiger partial charge in [0.25, 0.3) is 0 Å². The number of carbonyl (C=O) groups excluding carboxylic acids is 1. The number of hydrogen-bond acceptors (Lipinski definition) is 3. The first-order valence-electron chi connectivity index (χ1n) is 5.75. The van der Waals surface area contributed by atoms with E-state index in [2.05, 4.69) is 15.9 Å². The van der Waals surface area contributed by atoms with Crippen LogP contribution in [0.15, 0.2) is 22.7 Å². The standard InChI is InChI=1S/C13H14BrClO3/c1-17-12(16)8-13(5-2-6-13)18-11-4-3-9(14)7-10(11)15/h3-4,7H,2,5-6,8H2,1H3. The van der Waals surface area contributed by atoms with Gasteiger partial charge in [-0.25, -0.2) is 0 Å². The van der Waals surface area contributed by atoms with E-state index < -0.39 is 5.60 Å². The van der Waals surface area contributed by atoms with Crippen molar-refractivity contribution in [3.05, 3.63) is 27.7 Å². The predicted octanol–water partition coefficient (Wildman–Crippen LogP) is 3.97. The number of hydrogen-bond donors (Lipinski definition) is 0. The van der Waals surface area contributed by atoms with Gasteiger partial charge in [0.15, 0.2) is 0 Å². The van der Waals surface area contributed by atoms with Crippen molar-refractivity contribution in [2.75, 3.05) is 7.11 Å². The van der Waals surface area contributed by atoms with Crippen molar-refractivity contribution in [1.82, 2.24) is 0 Å². The van der Waals surface area contributed by atoms with Crippen LogP contribution in [0.3, 0.4) is 0 Å². The summed E-state index contributed by atoms with van der Waals surface area (Å²) in [5, 5.41) is 0.542. The van der Waals surface area contributed by atoms with Crippen LogP contribution in [0.2, 0.25) is 5.02 Å². The van der Waals surface area contributed by atoms with E-state index in [-0.39, 0.29) is 12.4 Å². The highest BCUT2D eigenvalue weighted by Crippen LogP contribution is 2.41. The number of ether oxygens (including phenoxy) is 2. The minimum absolute atomic E-state index is 0.247. The first kappa shape index (κ1) is 13.7. The number of carbonyl (C=O) groups is 1. The lowest BCUT2D eigenvalue weighted by Crippen LogP contribution is -2.45. The molecule has 1 saturated carbocycles. The van der Waals surface area contributed by atoms with Crippen molar-refractivity contribution in [3.8, 4) is 5.75 Å². The van der Waals surface area contributed by atoms with Crippen molar-refractivity contribution in [2.24, 2.45) is 0 Å². The molecule has 0 atom stereocenters. The first-order chi connectivity index (χ1) is 8.54. The average Bonchev–Trinajstić information content (AvgIpc) is 2.29. The molecular formula is C13H14BrClO3. The molecule has 98 valence electrons. The van der Waals surface area contributed by atoms with E-state index in [4.69, 9.17) is 21.1 Å². The molecule has 1 aromatic carbocycles. The van der Waals surface area contributed by atoms with E-state index in [0.29, 0.717) is 10.8 Å². The largest absolute Gasteiger partial charge is 0.485 e. The van der Waals surface area contributed by atoms with Gasteiger partial charge >= 0.3 is 5.97 Å². The van der Waals surface area contributed by atoms with Crippen LogP contribution in [0.25, 0.3) is 0 Å². The highest BCUT2D eigenvalue weighted by atomic mass is 79.9. The Morgan fingerprint density at radius 3 is 2.72 bits per heavy atom. The van der Waals surface area contributed by atoms with Gasteiger partial charge in [0.05, 0.1) is 18.6 Å². The molecule has 0 spiro atoms. The zero-order chi connectivity index (χ0) is 13.2. The zero-order valence-corrected chi connectivity index (χ0v) is 12.4. The van der Waals surface area contributed by atoms with Crippen molar-refractivity contribution >= 4 is 33.5 Å². The molecule has 0 amide bonds. The smallest absolute Gasteiger partial charge is 0.309 e. The maximum Gasteiger partial charge on any atom is 0.309 e. The van der Waals surface area contributed by atoms with E-state index in [1.165, 1.54) is 7.11 Å². The molecule has 0 saturated heterocycles. The Balaban J connectivity index is 2.12. The molecule has 1 aliphatic carbocycles. The summed E-state index contributed by atoms with van der Waals surface area (Å²) >= 11 is 9.46. The van der Waals surface area contributed by atoms with Crippen LogP contribution in [0, 0.1) is 0 Å². The Bertz CT molecular complexity index is 458. The van der Waals surface area contributed by atoms with Crippen LogP contribution < -0.4 is 4.74 Å². The van der Waals surface area contributed by atoms with Gasteiger partial charge in [0.2, 0.25) is 0 Å². The molecule has 5 heteroatoms. The van der Waals surface area contributed by atoms with Gasteiger partial charge in [0, 0.05) is 4.47 Å². The number of methoxy groups -OCH3 is 1. The lowest BCUT2D eigenvalue weighted by Gasteiger charge is -2.41. The van der Waals surface area contributed by atoms with Crippen LogP contribution in [-0.4, -0.2) is 18.7 Å². The topological polar surface area (TPSA) is 35.5 Å². The normalized spacial score (nSPS) is 16.8. The molecule has 0 bridgehead atoms. The molecule has 0 aromatic heterocycles. The molecular weight excluding hydrogens is 319 g/mol.